The molecule has 0 fully saturated rings. The largest absolute Gasteiger partial charge is 0.508 e. The smallest absolute Gasteiger partial charge is 0.197 e. The number of carbonyl (C=O) groups is 1. The van der Waals surface area contributed by atoms with Crippen LogP contribution in [-0.2, 0) is 12.8 Å². The van der Waals surface area contributed by atoms with Gasteiger partial charge >= 0.3 is 0 Å². The number of furan rings is 1. The van der Waals surface area contributed by atoms with Crippen molar-refractivity contribution in [2.75, 3.05) is 6.61 Å². The molecule has 0 unspecified atom stereocenters. The van der Waals surface area contributed by atoms with E-state index in [1.54, 1.807) is 24.3 Å². The van der Waals surface area contributed by atoms with Crippen LogP contribution in [0.1, 0.15) is 47.0 Å². The van der Waals surface area contributed by atoms with Gasteiger partial charge in [-0.15, -0.1) is 0 Å². The van der Waals surface area contributed by atoms with E-state index in [1.807, 2.05) is 6.92 Å². The highest BCUT2D eigenvalue weighted by atomic mass is 79.9. The maximum Gasteiger partial charge on any atom is 0.197 e. The van der Waals surface area contributed by atoms with Crippen LogP contribution >= 0.6 is 31.9 Å². The number of hydrogen-bond acceptors (Lipinski definition) is 5. The second-order valence-corrected chi connectivity index (χ2v) is 8.24. The van der Waals surface area contributed by atoms with Crippen LogP contribution in [0.2, 0.25) is 0 Å². The van der Waals surface area contributed by atoms with E-state index in [1.165, 1.54) is 0 Å². The first-order valence-corrected chi connectivity index (χ1v) is 10.6. The summed E-state index contributed by atoms with van der Waals surface area (Å²) in [4.78, 5) is 13.2. The number of unbranched alkanes of at least 4 members (excludes halogenated alkanes) is 1. The molecule has 1 heterocycles. The lowest BCUT2D eigenvalue weighted by Crippen LogP contribution is -2.04. The third kappa shape index (κ3) is 3.97. The first kappa shape index (κ1) is 20.9. The van der Waals surface area contributed by atoms with Gasteiger partial charge in [-0.05, 0) is 81.0 Å². The third-order valence-electron chi connectivity index (χ3n) is 4.64. The molecular weight excluding hydrogens is 492 g/mol. The van der Waals surface area contributed by atoms with Gasteiger partial charge in [0.2, 0.25) is 0 Å². The van der Waals surface area contributed by atoms with Crippen molar-refractivity contribution in [1.29, 1.82) is 0 Å². The highest BCUT2D eigenvalue weighted by molar-refractivity contribution is 9.11. The molecule has 148 valence electrons. The fourth-order valence-corrected chi connectivity index (χ4v) is 4.38. The molecule has 0 amide bonds. The van der Waals surface area contributed by atoms with Crippen molar-refractivity contribution >= 4 is 48.6 Å². The predicted molar refractivity (Wildman–Crippen MR) is 114 cm³/mol. The second-order valence-electron chi connectivity index (χ2n) is 6.53. The van der Waals surface area contributed by atoms with Gasteiger partial charge in [-0.1, -0.05) is 6.92 Å². The Labute approximate surface area is 179 Å². The van der Waals surface area contributed by atoms with Crippen molar-refractivity contribution in [3.8, 4) is 11.5 Å². The average molecular weight is 512 g/mol. The minimum Gasteiger partial charge on any atom is -0.508 e. The number of phenols is 2. The third-order valence-corrected chi connectivity index (χ3v) is 5.85. The van der Waals surface area contributed by atoms with Gasteiger partial charge in [0.15, 0.2) is 5.78 Å². The SMILES string of the molecule is CCc1oc2cc(CCCCO)c(O)cc2c1C(=O)c1cc(Br)c(O)c(Br)c1. The number of aryl methyl sites for hydroxylation is 2. The van der Waals surface area contributed by atoms with Crippen LogP contribution < -0.4 is 0 Å². The number of benzene rings is 2. The average Bonchev–Trinajstić information content (AvgIpc) is 3.02. The van der Waals surface area contributed by atoms with Gasteiger partial charge in [0.05, 0.1) is 14.5 Å². The number of aliphatic hydroxyl groups excluding tert-OH is 1. The first-order valence-electron chi connectivity index (χ1n) is 8.98. The van der Waals surface area contributed by atoms with E-state index in [2.05, 4.69) is 31.9 Å². The summed E-state index contributed by atoms with van der Waals surface area (Å²) in [6.07, 6.45) is 2.55. The summed E-state index contributed by atoms with van der Waals surface area (Å²) >= 11 is 6.50. The van der Waals surface area contributed by atoms with Gasteiger partial charge in [0, 0.05) is 24.0 Å². The number of aromatic hydroxyl groups is 2. The van der Waals surface area contributed by atoms with Crippen LogP contribution in [0.4, 0.5) is 0 Å². The van der Waals surface area contributed by atoms with Gasteiger partial charge in [-0.2, -0.15) is 0 Å². The van der Waals surface area contributed by atoms with Crippen LogP contribution in [0.15, 0.2) is 37.6 Å². The zero-order valence-electron chi connectivity index (χ0n) is 15.3. The quantitative estimate of drug-likeness (QED) is 0.288. The topological polar surface area (TPSA) is 90.9 Å². The van der Waals surface area contributed by atoms with E-state index in [9.17, 15) is 15.0 Å². The van der Waals surface area contributed by atoms with Gasteiger partial charge in [0.25, 0.3) is 0 Å². The molecule has 0 atom stereocenters. The molecule has 3 rings (SSSR count). The second kappa shape index (κ2) is 8.68. The lowest BCUT2D eigenvalue weighted by molar-refractivity contribution is 0.103. The number of carbonyl (C=O) groups excluding carboxylic acids is 1. The van der Waals surface area contributed by atoms with Crippen LogP contribution in [0, 0.1) is 0 Å². The predicted octanol–water partition coefficient (Wildman–Crippen LogP) is 5.48. The van der Waals surface area contributed by atoms with Crippen molar-refractivity contribution in [3.05, 3.63) is 55.7 Å². The Hall–Kier alpha value is -1.83. The minimum absolute atomic E-state index is 0.0227. The van der Waals surface area contributed by atoms with Crippen LogP contribution in [-0.4, -0.2) is 27.7 Å². The molecule has 1 aromatic heterocycles. The number of phenolic OH excluding ortho intramolecular Hbond substituents is 2. The Bertz CT molecular complexity index is 1020. The normalized spacial score (nSPS) is 11.3. The van der Waals surface area contributed by atoms with E-state index in [-0.39, 0.29) is 23.9 Å². The van der Waals surface area contributed by atoms with Gasteiger partial charge < -0.3 is 19.7 Å². The molecule has 0 saturated heterocycles. The number of ketones is 1. The number of aliphatic hydroxyl groups is 1. The number of hydrogen-bond donors (Lipinski definition) is 3. The summed E-state index contributed by atoms with van der Waals surface area (Å²) in [5, 5.41) is 29.8. The molecule has 7 heteroatoms. The van der Waals surface area contributed by atoms with Crippen molar-refractivity contribution in [1.82, 2.24) is 0 Å². The molecule has 5 nitrogen and oxygen atoms in total. The lowest BCUT2D eigenvalue weighted by atomic mass is 9.97. The van der Waals surface area contributed by atoms with Crippen LogP contribution in [0.25, 0.3) is 11.0 Å². The van der Waals surface area contributed by atoms with E-state index in [0.29, 0.717) is 56.1 Å². The molecule has 3 aromatic rings. The Morgan fingerprint density at radius 1 is 1.07 bits per heavy atom. The summed E-state index contributed by atoms with van der Waals surface area (Å²) in [5.74, 6) is 0.433. The van der Waals surface area contributed by atoms with Crippen molar-refractivity contribution < 1.29 is 24.5 Å². The Morgan fingerprint density at radius 3 is 2.36 bits per heavy atom. The molecule has 3 N–H and O–H groups in total. The fraction of sp³-hybridized carbons (Fsp3) is 0.286. The van der Waals surface area contributed by atoms with Crippen LogP contribution in [0.5, 0.6) is 11.5 Å². The molecule has 0 radical (unpaired) electrons. The molecule has 0 aliphatic carbocycles. The van der Waals surface area contributed by atoms with Crippen molar-refractivity contribution in [2.24, 2.45) is 0 Å². The van der Waals surface area contributed by atoms with Gasteiger partial charge in [0.1, 0.15) is 22.8 Å². The molecule has 28 heavy (non-hydrogen) atoms. The maximum absolute atomic E-state index is 13.2. The fourth-order valence-electron chi connectivity index (χ4n) is 3.19. The highest BCUT2D eigenvalue weighted by Gasteiger charge is 2.24. The van der Waals surface area contributed by atoms with E-state index in [4.69, 9.17) is 9.52 Å². The molecular formula is C21H20Br2O5. The minimum atomic E-state index is -0.246. The monoisotopic (exact) mass is 510 g/mol. The van der Waals surface area contributed by atoms with Gasteiger partial charge in [-0.25, -0.2) is 0 Å². The van der Waals surface area contributed by atoms with Crippen molar-refractivity contribution in [2.45, 2.75) is 32.6 Å². The zero-order valence-corrected chi connectivity index (χ0v) is 18.4. The molecule has 0 spiro atoms. The molecule has 2 aromatic carbocycles. The summed E-state index contributed by atoms with van der Waals surface area (Å²) in [6.45, 7) is 2.01. The van der Waals surface area contributed by atoms with Crippen LogP contribution in [0.3, 0.4) is 0 Å². The van der Waals surface area contributed by atoms with E-state index >= 15 is 0 Å². The summed E-state index contributed by atoms with van der Waals surface area (Å²) in [6, 6.07) is 6.46. The number of rotatable bonds is 7. The lowest BCUT2D eigenvalue weighted by Gasteiger charge is -2.07. The first-order chi connectivity index (χ1) is 13.4. The summed E-state index contributed by atoms with van der Waals surface area (Å²) < 4.78 is 6.74. The molecule has 0 bridgehead atoms. The zero-order chi connectivity index (χ0) is 20.4. The highest BCUT2D eigenvalue weighted by Crippen LogP contribution is 2.37. The summed E-state index contributed by atoms with van der Waals surface area (Å²) in [5.41, 5.74) is 2.08. The molecule has 0 saturated carbocycles. The Kier molecular flexibility index (Phi) is 6.47. The molecule has 0 aliphatic rings. The standard InChI is InChI=1S/C21H20Br2O5/c1-2-17-19(20(26)12-7-14(22)21(27)15(23)8-12)13-10-16(25)11(5-3-4-6-24)9-18(13)28-17/h7-10,24-25,27H,2-6H2,1H3. The molecule has 0 aliphatic heterocycles. The number of fused-ring (bicyclic) bond motifs is 1. The van der Waals surface area contributed by atoms with E-state index in [0.717, 1.165) is 12.0 Å². The van der Waals surface area contributed by atoms with Crippen molar-refractivity contribution in [3.63, 3.8) is 0 Å². The Balaban J connectivity index is 2.09. The number of halogens is 2. The summed E-state index contributed by atoms with van der Waals surface area (Å²) in [7, 11) is 0. The van der Waals surface area contributed by atoms with Gasteiger partial charge in [-0.3, -0.25) is 4.79 Å². The van der Waals surface area contributed by atoms with E-state index < -0.39 is 0 Å². The Morgan fingerprint density at radius 2 is 1.75 bits per heavy atom. The maximum atomic E-state index is 13.2.